The van der Waals surface area contributed by atoms with Crippen molar-refractivity contribution in [3.8, 4) is 5.88 Å². The molecule has 0 aliphatic carbocycles. The van der Waals surface area contributed by atoms with Gasteiger partial charge in [-0.1, -0.05) is 13.0 Å². The molecule has 2 aromatic heterocycles. The van der Waals surface area contributed by atoms with E-state index in [0.717, 1.165) is 41.7 Å². The SMILES string of the molecule is CCCOc1ncccc1CN=C(NCC)NCc1sc(C)nc1C. The van der Waals surface area contributed by atoms with E-state index >= 15 is 0 Å². The first-order valence-electron chi connectivity index (χ1n) is 8.65. The fourth-order valence-corrected chi connectivity index (χ4v) is 3.16. The van der Waals surface area contributed by atoms with Crippen LogP contribution in [-0.2, 0) is 13.1 Å². The first-order chi connectivity index (χ1) is 12.1. The van der Waals surface area contributed by atoms with E-state index in [1.54, 1.807) is 17.5 Å². The number of nitrogens with zero attached hydrogens (tertiary/aromatic N) is 3. The van der Waals surface area contributed by atoms with Crippen molar-refractivity contribution in [1.29, 1.82) is 0 Å². The molecule has 0 atom stereocenters. The molecule has 0 aliphatic rings. The number of aryl methyl sites for hydroxylation is 2. The molecule has 7 heteroatoms. The monoisotopic (exact) mass is 361 g/mol. The lowest BCUT2D eigenvalue weighted by molar-refractivity contribution is 0.302. The van der Waals surface area contributed by atoms with Gasteiger partial charge in [-0.3, -0.25) is 0 Å². The normalized spacial score (nSPS) is 11.4. The second kappa shape index (κ2) is 9.98. The highest BCUT2D eigenvalue weighted by Crippen LogP contribution is 2.17. The summed E-state index contributed by atoms with van der Waals surface area (Å²) in [6.45, 7) is 10.9. The van der Waals surface area contributed by atoms with Gasteiger partial charge in [0.1, 0.15) is 0 Å². The van der Waals surface area contributed by atoms with Crippen LogP contribution in [0.15, 0.2) is 23.3 Å². The molecule has 0 amide bonds. The van der Waals surface area contributed by atoms with Crippen molar-refractivity contribution >= 4 is 17.3 Å². The molecular formula is C18H27N5OS. The predicted octanol–water partition coefficient (Wildman–Crippen LogP) is 3.20. The van der Waals surface area contributed by atoms with Gasteiger partial charge in [-0.15, -0.1) is 11.3 Å². The van der Waals surface area contributed by atoms with E-state index in [1.807, 2.05) is 26.0 Å². The lowest BCUT2D eigenvalue weighted by Crippen LogP contribution is -2.36. The maximum atomic E-state index is 5.70. The summed E-state index contributed by atoms with van der Waals surface area (Å²) in [7, 11) is 0. The van der Waals surface area contributed by atoms with Crippen molar-refractivity contribution in [2.24, 2.45) is 4.99 Å². The summed E-state index contributed by atoms with van der Waals surface area (Å²) in [5.74, 6) is 1.44. The number of aliphatic imine (C=N–C) groups is 1. The van der Waals surface area contributed by atoms with Crippen molar-refractivity contribution in [3.63, 3.8) is 0 Å². The van der Waals surface area contributed by atoms with Gasteiger partial charge in [0.15, 0.2) is 5.96 Å². The summed E-state index contributed by atoms with van der Waals surface area (Å²) in [6, 6.07) is 3.91. The molecule has 0 saturated heterocycles. The molecule has 0 unspecified atom stereocenters. The molecule has 2 aromatic rings. The Hall–Kier alpha value is -2.15. The Kier molecular flexibility index (Phi) is 7.66. The minimum atomic E-state index is 0.517. The number of hydrogen-bond donors (Lipinski definition) is 2. The van der Waals surface area contributed by atoms with Crippen LogP contribution in [0.5, 0.6) is 5.88 Å². The molecule has 0 saturated carbocycles. The minimum absolute atomic E-state index is 0.517. The number of pyridine rings is 1. The van der Waals surface area contributed by atoms with Crippen molar-refractivity contribution in [2.75, 3.05) is 13.2 Å². The highest BCUT2D eigenvalue weighted by molar-refractivity contribution is 7.11. The van der Waals surface area contributed by atoms with E-state index in [9.17, 15) is 0 Å². The van der Waals surface area contributed by atoms with E-state index in [0.29, 0.717) is 19.0 Å². The number of aromatic nitrogens is 2. The average molecular weight is 362 g/mol. The van der Waals surface area contributed by atoms with Gasteiger partial charge in [0.25, 0.3) is 0 Å². The van der Waals surface area contributed by atoms with Gasteiger partial charge in [0, 0.05) is 23.2 Å². The smallest absolute Gasteiger partial charge is 0.218 e. The fraction of sp³-hybridized carbons (Fsp3) is 0.500. The van der Waals surface area contributed by atoms with Crippen LogP contribution in [0.2, 0.25) is 0 Å². The molecule has 0 aliphatic heterocycles. The molecule has 2 heterocycles. The zero-order valence-electron chi connectivity index (χ0n) is 15.4. The molecule has 0 bridgehead atoms. The van der Waals surface area contributed by atoms with Crippen LogP contribution >= 0.6 is 11.3 Å². The molecule has 25 heavy (non-hydrogen) atoms. The standard InChI is InChI=1S/C18H27N5OS/c1-5-10-24-17-15(8-7-9-20-17)11-21-18(19-6-2)22-12-16-13(3)23-14(4)25-16/h7-9H,5-6,10-12H2,1-4H3,(H2,19,21,22). The zero-order valence-corrected chi connectivity index (χ0v) is 16.2. The number of nitrogens with one attached hydrogen (secondary N) is 2. The minimum Gasteiger partial charge on any atom is -0.477 e. The molecule has 6 nitrogen and oxygen atoms in total. The lowest BCUT2D eigenvalue weighted by Gasteiger charge is -2.12. The number of hydrogen-bond acceptors (Lipinski definition) is 5. The summed E-state index contributed by atoms with van der Waals surface area (Å²) < 4.78 is 5.70. The van der Waals surface area contributed by atoms with Gasteiger partial charge in [-0.2, -0.15) is 0 Å². The van der Waals surface area contributed by atoms with Crippen LogP contribution in [0.1, 0.15) is 41.4 Å². The third kappa shape index (κ3) is 6.01. The average Bonchev–Trinajstić information content (AvgIpc) is 2.93. The number of guanidine groups is 1. The van der Waals surface area contributed by atoms with Crippen LogP contribution in [0.25, 0.3) is 0 Å². The summed E-state index contributed by atoms with van der Waals surface area (Å²) in [4.78, 5) is 14.7. The van der Waals surface area contributed by atoms with Crippen LogP contribution in [0.4, 0.5) is 0 Å². The summed E-state index contributed by atoms with van der Waals surface area (Å²) in [5, 5.41) is 7.73. The van der Waals surface area contributed by atoms with E-state index < -0.39 is 0 Å². The van der Waals surface area contributed by atoms with E-state index in [1.165, 1.54) is 4.88 Å². The Morgan fingerprint density at radius 1 is 1.28 bits per heavy atom. The van der Waals surface area contributed by atoms with Crippen LogP contribution in [0.3, 0.4) is 0 Å². The second-order valence-electron chi connectivity index (χ2n) is 5.61. The third-order valence-electron chi connectivity index (χ3n) is 3.46. The van der Waals surface area contributed by atoms with Gasteiger partial charge in [-0.05, 0) is 33.3 Å². The molecule has 0 spiro atoms. The van der Waals surface area contributed by atoms with E-state index in [2.05, 4.69) is 39.4 Å². The molecule has 2 rings (SSSR count). The van der Waals surface area contributed by atoms with Crippen LogP contribution in [-0.4, -0.2) is 29.1 Å². The molecule has 0 aromatic carbocycles. The van der Waals surface area contributed by atoms with E-state index in [4.69, 9.17) is 4.74 Å². The maximum Gasteiger partial charge on any atom is 0.218 e. The van der Waals surface area contributed by atoms with Crippen LogP contribution in [0, 0.1) is 13.8 Å². The highest BCUT2D eigenvalue weighted by Gasteiger charge is 2.07. The van der Waals surface area contributed by atoms with Crippen molar-refractivity contribution in [1.82, 2.24) is 20.6 Å². The fourth-order valence-electron chi connectivity index (χ4n) is 2.28. The third-order valence-corrected chi connectivity index (χ3v) is 4.53. The van der Waals surface area contributed by atoms with Gasteiger partial charge in [-0.25, -0.2) is 15.0 Å². The van der Waals surface area contributed by atoms with Gasteiger partial charge in [0.05, 0.1) is 30.4 Å². The van der Waals surface area contributed by atoms with Crippen molar-refractivity contribution in [2.45, 2.75) is 47.2 Å². The van der Waals surface area contributed by atoms with Crippen LogP contribution < -0.4 is 15.4 Å². The van der Waals surface area contributed by atoms with Crippen molar-refractivity contribution < 1.29 is 4.74 Å². The van der Waals surface area contributed by atoms with E-state index in [-0.39, 0.29) is 0 Å². The Labute approximate surface area is 153 Å². The number of thiazole rings is 1. The molecule has 2 N–H and O–H groups in total. The Morgan fingerprint density at radius 3 is 2.80 bits per heavy atom. The molecule has 136 valence electrons. The Bertz CT molecular complexity index is 699. The van der Waals surface area contributed by atoms with Crippen molar-refractivity contribution in [3.05, 3.63) is 39.5 Å². The Morgan fingerprint density at radius 2 is 2.12 bits per heavy atom. The zero-order chi connectivity index (χ0) is 18.1. The highest BCUT2D eigenvalue weighted by atomic mass is 32.1. The van der Waals surface area contributed by atoms with Gasteiger partial charge >= 0.3 is 0 Å². The molecule has 0 fully saturated rings. The Balaban J connectivity index is 2.03. The molecular weight excluding hydrogens is 334 g/mol. The number of ether oxygens (including phenoxy) is 1. The number of rotatable bonds is 8. The summed E-state index contributed by atoms with van der Waals surface area (Å²) in [5.41, 5.74) is 2.06. The summed E-state index contributed by atoms with van der Waals surface area (Å²) in [6.07, 6.45) is 2.70. The first-order valence-corrected chi connectivity index (χ1v) is 9.47. The van der Waals surface area contributed by atoms with Gasteiger partial charge in [0.2, 0.25) is 5.88 Å². The first kappa shape index (κ1) is 19.2. The summed E-state index contributed by atoms with van der Waals surface area (Å²) >= 11 is 1.71. The maximum absolute atomic E-state index is 5.70. The predicted molar refractivity (Wildman–Crippen MR) is 103 cm³/mol. The largest absolute Gasteiger partial charge is 0.477 e. The quantitative estimate of drug-likeness (QED) is 0.558. The lowest BCUT2D eigenvalue weighted by atomic mass is 10.3. The molecule has 0 radical (unpaired) electrons. The topological polar surface area (TPSA) is 71.4 Å². The van der Waals surface area contributed by atoms with Gasteiger partial charge < -0.3 is 15.4 Å². The second-order valence-corrected chi connectivity index (χ2v) is 6.89.